The molecule has 0 aliphatic rings. The molecule has 90 valence electrons. The van der Waals surface area contributed by atoms with Gasteiger partial charge >= 0.3 is 0 Å². The van der Waals surface area contributed by atoms with E-state index in [1.807, 2.05) is 23.4 Å². The number of nitrogens with zero attached hydrogens (tertiary/aromatic N) is 3. The quantitative estimate of drug-likeness (QED) is 0.829. The Hall–Kier alpha value is -1.73. The van der Waals surface area contributed by atoms with E-state index >= 15 is 0 Å². The number of amides is 1. The van der Waals surface area contributed by atoms with E-state index in [1.165, 1.54) is 11.2 Å². The number of anilines is 1. The van der Waals surface area contributed by atoms with Crippen LogP contribution in [0.3, 0.4) is 0 Å². The zero-order valence-corrected chi connectivity index (χ0v) is 10.2. The Balaban J connectivity index is 1.78. The maximum atomic E-state index is 11.6. The Kier molecular flexibility index (Phi) is 3.84. The van der Waals surface area contributed by atoms with Crippen molar-refractivity contribution in [3.63, 3.8) is 0 Å². The number of aromatic amines is 1. The molecule has 2 aromatic rings. The van der Waals surface area contributed by atoms with Crippen LogP contribution in [0.5, 0.6) is 0 Å². The zero-order valence-electron chi connectivity index (χ0n) is 9.38. The Bertz CT molecular complexity index is 453. The van der Waals surface area contributed by atoms with Crippen molar-refractivity contribution < 1.29 is 4.79 Å². The van der Waals surface area contributed by atoms with Crippen molar-refractivity contribution in [1.29, 1.82) is 0 Å². The van der Waals surface area contributed by atoms with Crippen LogP contribution in [0.25, 0.3) is 0 Å². The van der Waals surface area contributed by atoms with Crippen molar-refractivity contribution in [1.82, 2.24) is 20.1 Å². The second-order valence-electron chi connectivity index (χ2n) is 3.63. The summed E-state index contributed by atoms with van der Waals surface area (Å²) >= 11 is 1.68. The smallest absolute Gasteiger partial charge is 0.240 e. The molecule has 0 bridgehead atoms. The number of hydrogen-bond acceptors (Lipinski definition) is 5. The lowest BCUT2D eigenvalue weighted by atomic mass is 10.4. The summed E-state index contributed by atoms with van der Waals surface area (Å²) in [6.45, 7) is 1.08. The zero-order chi connectivity index (χ0) is 12.1. The van der Waals surface area contributed by atoms with E-state index in [0.29, 0.717) is 12.5 Å². The number of carbonyl (C=O) groups excluding carboxylic acids is 1. The molecule has 6 nitrogen and oxygen atoms in total. The molecule has 0 aromatic carbocycles. The molecule has 1 amide bonds. The molecule has 2 aromatic heterocycles. The van der Waals surface area contributed by atoms with Gasteiger partial charge in [0.2, 0.25) is 11.9 Å². The van der Waals surface area contributed by atoms with Crippen molar-refractivity contribution in [3.05, 3.63) is 28.7 Å². The molecule has 0 radical (unpaired) electrons. The van der Waals surface area contributed by atoms with Gasteiger partial charge in [0.15, 0.2) is 0 Å². The average molecular weight is 251 g/mol. The fourth-order valence-electron chi connectivity index (χ4n) is 1.41. The van der Waals surface area contributed by atoms with Crippen molar-refractivity contribution in [2.24, 2.45) is 0 Å². The first-order valence-electron chi connectivity index (χ1n) is 5.10. The highest BCUT2D eigenvalue weighted by Crippen LogP contribution is 2.10. The van der Waals surface area contributed by atoms with Crippen LogP contribution in [0.4, 0.5) is 5.95 Å². The third-order valence-electron chi connectivity index (χ3n) is 2.09. The second kappa shape index (κ2) is 5.55. The summed E-state index contributed by atoms with van der Waals surface area (Å²) in [5.41, 5.74) is 0. The largest absolute Gasteiger partial charge is 0.294 e. The third kappa shape index (κ3) is 3.65. The highest BCUT2D eigenvalue weighted by Gasteiger charge is 2.08. The minimum absolute atomic E-state index is 0.110. The van der Waals surface area contributed by atoms with Gasteiger partial charge in [0.1, 0.15) is 6.33 Å². The van der Waals surface area contributed by atoms with Gasteiger partial charge in [-0.2, -0.15) is 10.1 Å². The minimum atomic E-state index is -0.110. The monoisotopic (exact) mass is 251 g/mol. The van der Waals surface area contributed by atoms with Crippen LogP contribution in [0.2, 0.25) is 0 Å². The number of carbonyl (C=O) groups is 1. The van der Waals surface area contributed by atoms with Crippen molar-refractivity contribution in [3.8, 4) is 0 Å². The minimum Gasteiger partial charge on any atom is -0.294 e. The first kappa shape index (κ1) is 11.7. The lowest BCUT2D eigenvalue weighted by molar-refractivity contribution is -0.117. The van der Waals surface area contributed by atoms with Gasteiger partial charge in [0, 0.05) is 11.4 Å². The molecule has 2 rings (SSSR count). The van der Waals surface area contributed by atoms with E-state index in [9.17, 15) is 4.79 Å². The van der Waals surface area contributed by atoms with Crippen molar-refractivity contribution in [2.45, 2.75) is 6.54 Å². The molecule has 0 spiro atoms. The van der Waals surface area contributed by atoms with Crippen molar-refractivity contribution >= 4 is 23.2 Å². The van der Waals surface area contributed by atoms with E-state index in [0.717, 1.165) is 6.54 Å². The summed E-state index contributed by atoms with van der Waals surface area (Å²) in [5.74, 6) is 0.264. The molecule has 0 aliphatic carbocycles. The SMILES string of the molecule is CN(CC(=O)Nc1ncn[nH]1)Cc1cccs1. The molecule has 2 N–H and O–H groups in total. The van der Waals surface area contributed by atoms with Crippen LogP contribution in [-0.2, 0) is 11.3 Å². The number of thiophene rings is 1. The number of aromatic nitrogens is 3. The molecule has 7 heteroatoms. The van der Waals surface area contributed by atoms with Crippen LogP contribution < -0.4 is 5.32 Å². The van der Waals surface area contributed by atoms with E-state index in [-0.39, 0.29) is 5.91 Å². The Morgan fingerprint density at radius 3 is 3.18 bits per heavy atom. The van der Waals surface area contributed by atoms with Crippen LogP contribution in [-0.4, -0.2) is 39.6 Å². The molecule has 0 fully saturated rings. The summed E-state index contributed by atoms with van der Waals surface area (Å²) in [5, 5.41) is 10.9. The van der Waals surface area contributed by atoms with Gasteiger partial charge in [-0.3, -0.25) is 15.0 Å². The van der Waals surface area contributed by atoms with Crippen LogP contribution in [0.1, 0.15) is 4.88 Å². The highest BCUT2D eigenvalue weighted by molar-refractivity contribution is 7.09. The number of H-pyrrole nitrogens is 1. The molecule has 0 aliphatic heterocycles. The Morgan fingerprint density at radius 1 is 1.65 bits per heavy atom. The molecule has 0 saturated carbocycles. The molecule has 0 saturated heterocycles. The van der Waals surface area contributed by atoms with E-state index < -0.39 is 0 Å². The normalized spacial score (nSPS) is 10.7. The summed E-state index contributed by atoms with van der Waals surface area (Å²) in [6.07, 6.45) is 1.35. The molecule has 2 heterocycles. The van der Waals surface area contributed by atoms with Gasteiger partial charge in [0.25, 0.3) is 0 Å². The van der Waals surface area contributed by atoms with Gasteiger partial charge in [0.05, 0.1) is 6.54 Å². The van der Waals surface area contributed by atoms with Gasteiger partial charge in [-0.25, -0.2) is 5.10 Å². The van der Waals surface area contributed by atoms with E-state index in [1.54, 1.807) is 11.3 Å². The molecule has 0 atom stereocenters. The summed E-state index contributed by atoms with van der Waals surface area (Å²) in [6, 6.07) is 4.05. The number of likely N-dealkylation sites (N-methyl/N-ethyl adjacent to an activating group) is 1. The molecular weight excluding hydrogens is 238 g/mol. The Labute approximate surface area is 103 Å². The van der Waals surface area contributed by atoms with Crippen molar-refractivity contribution in [2.75, 3.05) is 18.9 Å². The summed E-state index contributed by atoms with van der Waals surface area (Å²) < 4.78 is 0. The highest BCUT2D eigenvalue weighted by atomic mass is 32.1. The number of rotatable bonds is 5. The standard InChI is InChI=1S/C10H13N5OS/c1-15(5-8-3-2-4-17-8)6-9(16)13-10-11-7-12-14-10/h2-4,7H,5-6H2,1H3,(H2,11,12,13,14,16). The summed E-state index contributed by atoms with van der Waals surface area (Å²) in [7, 11) is 1.90. The fraction of sp³-hybridized carbons (Fsp3) is 0.300. The van der Waals surface area contributed by atoms with Gasteiger partial charge < -0.3 is 0 Å². The maximum Gasteiger partial charge on any atom is 0.240 e. The van der Waals surface area contributed by atoms with Crippen LogP contribution in [0.15, 0.2) is 23.8 Å². The first-order chi connectivity index (χ1) is 8.24. The Morgan fingerprint density at radius 2 is 2.53 bits per heavy atom. The third-order valence-corrected chi connectivity index (χ3v) is 2.95. The number of hydrogen-bond donors (Lipinski definition) is 2. The average Bonchev–Trinajstić information content (AvgIpc) is 2.90. The van der Waals surface area contributed by atoms with Gasteiger partial charge in [-0.1, -0.05) is 6.07 Å². The van der Waals surface area contributed by atoms with Crippen LogP contribution in [0, 0.1) is 0 Å². The molecule has 17 heavy (non-hydrogen) atoms. The first-order valence-corrected chi connectivity index (χ1v) is 5.98. The van der Waals surface area contributed by atoms with Gasteiger partial charge in [-0.15, -0.1) is 11.3 Å². The molecule has 0 unspecified atom stereocenters. The summed E-state index contributed by atoms with van der Waals surface area (Å²) in [4.78, 5) is 18.6. The number of nitrogens with one attached hydrogen (secondary N) is 2. The second-order valence-corrected chi connectivity index (χ2v) is 4.67. The maximum absolute atomic E-state index is 11.6. The predicted molar refractivity (Wildman–Crippen MR) is 65.7 cm³/mol. The van der Waals surface area contributed by atoms with E-state index in [2.05, 4.69) is 26.6 Å². The lowest BCUT2D eigenvalue weighted by Gasteiger charge is -2.14. The van der Waals surface area contributed by atoms with Crippen LogP contribution >= 0.6 is 11.3 Å². The van der Waals surface area contributed by atoms with Gasteiger partial charge in [-0.05, 0) is 18.5 Å². The lowest BCUT2D eigenvalue weighted by Crippen LogP contribution is -2.29. The topological polar surface area (TPSA) is 73.9 Å². The molecular formula is C10H13N5OS. The van der Waals surface area contributed by atoms with E-state index in [4.69, 9.17) is 0 Å². The fourth-order valence-corrected chi connectivity index (χ4v) is 2.19. The predicted octanol–water partition coefficient (Wildman–Crippen LogP) is 0.937.